The highest BCUT2D eigenvalue weighted by Crippen LogP contribution is 2.25. The first-order valence-corrected chi connectivity index (χ1v) is 12.0. The number of ether oxygens (including phenoxy) is 1. The largest absolute Gasteiger partial charge is 0.379 e. The Morgan fingerprint density at radius 3 is 2.77 bits per heavy atom. The summed E-state index contributed by atoms with van der Waals surface area (Å²) in [4.78, 5) is 27.7. The van der Waals surface area contributed by atoms with Crippen LogP contribution in [0.5, 0.6) is 0 Å². The van der Waals surface area contributed by atoms with Gasteiger partial charge in [0.05, 0.1) is 23.7 Å². The second kappa shape index (κ2) is 8.83. The lowest BCUT2D eigenvalue weighted by atomic mass is 10.1. The highest BCUT2D eigenvalue weighted by molar-refractivity contribution is 7.89. The lowest BCUT2D eigenvalue weighted by molar-refractivity contribution is 0.0730. The average molecular weight is 464 g/mol. The lowest BCUT2D eigenvalue weighted by Gasteiger charge is -2.26. The molecule has 0 unspecified atom stereocenters. The van der Waals surface area contributed by atoms with E-state index in [0.29, 0.717) is 29.2 Å². The lowest BCUT2D eigenvalue weighted by Crippen LogP contribution is -2.40. The number of nitrogens with zero attached hydrogens (tertiary/aromatic N) is 3. The number of rotatable bonds is 6. The van der Waals surface area contributed by atoms with E-state index < -0.39 is 21.5 Å². The summed E-state index contributed by atoms with van der Waals surface area (Å²) in [7, 11) is -3.76. The van der Waals surface area contributed by atoms with Crippen molar-refractivity contribution < 1.29 is 17.9 Å². The normalized spacial score (nSPS) is 15.3. The van der Waals surface area contributed by atoms with Crippen molar-refractivity contribution in [3.05, 3.63) is 45.2 Å². The maximum absolute atomic E-state index is 13.0. The Balaban J connectivity index is 1.71. The van der Waals surface area contributed by atoms with Crippen molar-refractivity contribution in [2.24, 2.45) is 0 Å². The summed E-state index contributed by atoms with van der Waals surface area (Å²) in [5.74, 6) is -0.559. The van der Waals surface area contributed by atoms with Gasteiger partial charge in [-0.2, -0.15) is 4.31 Å². The number of pyridine rings is 1. The molecular weight excluding hydrogens is 442 g/mol. The molecule has 10 nitrogen and oxygen atoms in total. The summed E-state index contributed by atoms with van der Waals surface area (Å²) in [6, 6.07) is 5.47. The van der Waals surface area contributed by atoms with Gasteiger partial charge in [0.15, 0.2) is 0 Å². The molecule has 0 bridgehead atoms. The molecule has 12 heteroatoms. The maximum atomic E-state index is 13.0. The number of aryl methyl sites for hydroxylation is 1. The summed E-state index contributed by atoms with van der Waals surface area (Å²) < 4.78 is 32.6. The summed E-state index contributed by atoms with van der Waals surface area (Å²) in [5.41, 5.74) is -0.0436. The van der Waals surface area contributed by atoms with Crippen LogP contribution in [0.2, 0.25) is 0 Å². The van der Waals surface area contributed by atoms with E-state index in [-0.39, 0.29) is 23.5 Å². The van der Waals surface area contributed by atoms with Gasteiger partial charge in [0.2, 0.25) is 20.7 Å². The maximum Gasteiger partial charge on any atom is 0.258 e. The van der Waals surface area contributed by atoms with Crippen LogP contribution in [0.4, 0.5) is 5.13 Å². The number of carbonyl (C=O) groups excluding carboxylic acids is 1. The number of amides is 1. The van der Waals surface area contributed by atoms with Crippen LogP contribution in [0, 0.1) is 0 Å². The van der Waals surface area contributed by atoms with Crippen LogP contribution < -0.4 is 10.9 Å². The molecular formula is C19H21N5O5S2. The van der Waals surface area contributed by atoms with Crippen molar-refractivity contribution in [3.8, 4) is 0 Å². The first kappa shape index (κ1) is 21.6. The van der Waals surface area contributed by atoms with E-state index in [9.17, 15) is 18.0 Å². The predicted molar refractivity (Wildman–Crippen MR) is 116 cm³/mol. The fraction of sp³-hybridized carbons (Fsp3) is 0.368. The highest BCUT2D eigenvalue weighted by atomic mass is 32.2. The Morgan fingerprint density at radius 1 is 1.26 bits per heavy atom. The van der Waals surface area contributed by atoms with Crippen LogP contribution in [0.1, 0.15) is 28.7 Å². The number of anilines is 1. The van der Waals surface area contributed by atoms with E-state index in [1.807, 2.05) is 6.92 Å². The Kier molecular flexibility index (Phi) is 6.14. The van der Waals surface area contributed by atoms with Gasteiger partial charge in [-0.25, -0.2) is 8.42 Å². The van der Waals surface area contributed by atoms with Gasteiger partial charge in [-0.1, -0.05) is 18.3 Å². The predicted octanol–water partition coefficient (Wildman–Crippen LogP) is 1.61. The molecule has 3 aromatic rings. The van der Waals surface area contributed by atoms with Gasteiger partial charge in [-0.15, -0.1) is 10.2 Å². The van der Waals surface area contributed by atoms with Gasteiger partial charge < -0.3 is 9.72 Å². The van der Waals surface area contributed by atoms with Gasteiger partial charge in [-0.3, -0.25) is 14.9 Å². The van der Waals surface area contributed by atoms with Crippen LogP contribution in [0.25, 0.3) is 10.9 Å². The molecule has 164 valence electrons. The van der Waals surface area contributed by atoms with Crippen LogP contribution in [0.15, 0.2) is 34.0 Å². The number of hydrogen-bond donors (Lipinski definition) is 2. The minimum Gasteiger partial charge on any atom is -0.379 e. The van der Waals surface area contributed by atoms with Gasteiger partial charge in [-0.05, 0) is 24.6 Å². The summed E-state index contributed by atoms with van der Waals surface area (Å²) in [6.45, 7) is 3.20. The molecule has 2 N–H and O–H groups in total. The Labute approximate surface area is 182 Å². The van der Waals surface area contributed by atoms with E-state index in [1.165, 1.54) is 33.8 Å². The summed E-state index contributed by atoms with van der Waals surface area (Å²) >= 11 is 1.26. The van der Waals surface area contributed by atoms with E-state index in [1.54, 1.807) is 0 Å². The minimum absolute atomic E-state index is 0.0455. The molecule has 1 saturated heterocycles. The number of sulfonamides is 1. The smallest absolute Gasteiger partial charge is 0.258 e. The van der Waals surface area contributed by atoms with E-state index >= 15 is 0 Å². The Morgan fingerprint density at radius 2 is 2.03 bits per heavy atom. The number of H-pyrrole nitrogens is 1. The first-order valence-electron chi connectivity index (χ1n) is 9.77. The standard InChI is InChI=1S/C19H21N5O5S2/c1-2-3-17-22-23-19(30-17)21-18(26)14-11-16(25)20-15-5-4-12(10-13(14)15)31(27,28)24-6-8-29-9-7-24/h4-5,10-11H,2-3,6-9H2,1H3,(H,20,25)(H,21,23,26). The van der Waals surface area contributed by atoms with Crippen molar-refractivity contribution in [2.75, 3.05) is 31.6 Å². The second-order valence-electron chi connectivity index (χ2n) is 6.98. The molecule has 1 aliphatic rings. The third-order valence-electron chi connectivity index (χ3n) is 4.82. The van der Waals surface area contributed by atoms with Crippen LogP contribution in [-0.4, -0.2) is 60.1 Å². The van der Waals surface area contributed by atoms with Crippen molar-refractivity contribution in [3.63, 3.8) is 0 Å². The quantitative estimate of drug-likeness (QED) is 0.567. The Bertz CT molecular complexity index is 1280. The molecule has 3 heterocycles. The minimum atomic E-state index is -3.76. The molecule has 0 spiro atoms. The van der Waals surface area contributed by atoms with Gasteiger partial charge >= 0.3 is 0 Å². The first-order chi connectivity index (χ1) is 14.9. The summed E-state index contributed by atoms with van der Waals surface area (Å²) in [5, 5.41) is 12.1. The number of fused-ring (bicyclic) bond motifs is 1. The fourth-order valence-electron chi connectivity index (χ4n) is 3.30. The number of carbonyl (C=O) groups is 1. The Hall–Kier alpha value is -2.67. The molecule has 0 saturated carbocycles. The second-order valence-corrected chi connectivity index (χ2v) is 9.98. The molecule has 31 heavy (non-hydrogen) atoms. The SMILES string of the molecule is CCCc1nnc(NC(=O)c2cc(=O)[nH]c3ccc(S(=O)(=O)N4CCOCC4)cc23)s1. The topological polar surface area (TPSA) is 134 Å². The number of hydrogen-bond acceptors (Lipinski definition) is 8. The van der Waals surface area contributed by atoms with Gasteiger partial charge in [0.25, 0.3) is 5.91 Å². The number of benzene rings is 1. The molecule has 4 rings (SSSR count). The number of aromatic amines is 1. The molecule has 1 fully saturated rings. The van der Waals surface area contributed by atoms with Gasteiger partial charge in [0.1, 0.15) is 5.01 Å². The van der Waals surface area contributed by atoms with Crippen molar-refractivity contribution >= 4 is 43.3 Å². The van der Waals surface area contributed by atoms with Crippen LogP contribution in [0.3, 0.4) is 0 Å². The third kappa shape index (κ3) is 4.51. The number of nitrogens with one attached hydrogen (secondary N) is 2. The van der Waals surface area contributed by atoms with Crippen molar-refractivity contribution in [1.82, 2.24) is 19.5 Å². The van der Waals surface area contributed by atoms with E-state index in [0.717, 1.165) is 23.9 Å². The van der Waals surface area contributed by atoms with Crippen LogP contribution in [-0.2, 0) is 21.2 Å². The van der Waals surface area contributed by atoms with Crippen LogP contribution >= 0.6 is 11.3 Å². The van der Waals surface area contributed by atoms with E-state index in [2.05, 4.69) is 20.5 Å². The average Bonchev–Trinajstić information content (AvgIpc) is 3.20. The monoisotopic (exact) mass is 463 g/mol. The van der Waals surface area contributed by atoms with Crippen molar-refractivity contribution in [2.45, 2.75) is 24.7 Å². The zero-order valence-electron chi connectivity index (χ0n) is 16.8. The molecule has 1 amide bonds. The fourth-order valence-corrected chi connectivity index (χ4v) is 5.57. The zero-order chi connectivity index (χ0) is 22.0. The molecule has 0 radical (unpaired) electrons. The molecule has 0 atom stereocenters. The highest BCUT2D eigenvalue weighted by Gasteiger charge is 2.27. The zero-order valence-corrected chi connectivity index (χ0v) is 18.4. The molecule has 2 aromatic heterocycles. The third-order valence-corrected chi connectivity index (χ3v) is 7.61. The molecule has 0 aliphatic carbocycles. The molecule has 1 aliphatic heterocycles. The van der Waals surface area contributed by atoms with Crippen molar-refractivity contribution in [1.29, 1.82) is 0 Å². The van der Waals surface area contributed by atoms with Gasteiger partial charge in [0, 0.05) is 36.5 Å². The molecule has 1 aromatic carbocycles. The summed E-state index contributed by atoms with van der Waals surface area (Å²) in [6.07, 6.45) is 1.66. The number of morpholine rings is 1. The number of aromatic nitrogens is 3. The van der Waals surface area contributed by atoms with E-state index in [4.69, 9.17) is 4.74 Å².